The van der Waals surface area contributed by atoms with Gasteiger partial charge < -0.3 is 24.2 Å². The number of carbonyl (C=O) groups is 2. The molecule has 138 valence electrons. The smallest absolute Gasteiger partial charge is 0.354 e. The average molecular weight is 360 g/mol. The summed E-state index contributed by atoms with van der Waals surface area (Å²) in [5, 5.41) is 9.08. The fourth-order valence-corrected chi connectivity index (χ4v) is 2.36. The van der Waals surface area contributed by atoms with Crippen molar-refractivity contribution in [3.8, 4) is 11.5 Å². The molecule has 1 heterocycles. The average Bonchev–Trinajstić information content (AvgIpc) is 2.67. The highest BCUT2D eigenvalue weighted by atomic mass is 16.5. The number of pyridine rings is 1. The van der Waals surface area contributed by atoms with Gasteiger partial charge in [-0.3, -0.25) is 4.79 Å². The van der Waals surface area contributed by atoms with Crippen LogP contribution in [0.3, 0.4) is 0 Å². The normalized spacial score (nSPS) is 10.3. The maximum absolute atomic E-state index is 13.0. The summed E-state index contributed by atoms with van der Waals surface area (Å²) < 4.78 is 15.6. The standard InChI is InChI=1S/C18H20N2O6/c1-24-9-8-20(13-4-5-15(25-2)16(11-13)26-3)17(21)12-6-7-19-14(10-12)18(22)23/h4-7,10-11H,8-9H2,1-3H3,(H,22,23). The van der Waals surface area contributed by atoms with Gasteiger partial charge in [-0.15, -0.1) is 0 Å². The molecule has 0 aliphatic heterocycles. The van der Waals surface area contributed by atoms with Crippen molar-refractivity contribution in [1.82, 2.24) is 4.98 Å². The number of carboxylic acids is 1. The quantitative estimate of drug-likeness (QED) is 0.769. The van der Waals surface area contributed by atoms with Crippen LogP contribution in [0.25, 0.3) is 0 Å². The summed E-state index contributed by atoms with van der Waals surface area (Å²) in [5.74, 6) is -0.568. The van der Waals surface area contributed by atoms with Crippen LogP contribution in [0.4, 0.5) is 5.69 Å². The lowest BCUT2D eigenvalue weighted by Crippen LogP contribution is -2.34. The van der Waals surface area contributed by atoms with Gasteiger partial charge in [0.25, 0.3) is 5.91 Å². The van der Waals surface area contributed by atoms with Gasteiger partial charge in [-0.1, -0.05) is 0 Å². The van der Waals surface area contributed by atoms with Crippen molar-refractivity contribution in [2.45, 2.75) is 0 Å². The highest BCUT2D eigenvalue weighted by molar-refractivity contribution is 6.07. The Morgan fingerprint density at radius 1 is 1.08 bits per heavy atom. The van der Waals surface area contributed by atoms with Crippen molar-refractivity contribution in [3.05, 3.63) is 47.8 Å². The zero-order valence-corrected chi connectivity index (χ0v) is 14.8. The van der Waals surface area contributed by atoms with E-state index in [1.54, 1.807) is 18.2 Å². The lowest BCUT2D eigenvalue weighted by Gasteiger charge is -2.23. The topological polar surface area (TPSA) is 98.2 Å². The van der Waals surface area contributed by atoms with Crippen LogP contribution in [0.2, 0.25) is 0 Å². The van der Waals surface area contributed by atoms with E-state index >= 15 is 0 Å². The van der Waals surface area contributed by atoms with Crippen molar-refractivity contribution >= 4 is 17.6 Å². The largest absolute Gasteiger partial charge is 0.493 e. The number of aromatic nitrogens is 1. The van der Waals surface area contributed by atoms with E-state index < -0.39 is 5.97 Å². The number of methoxy groups -OCH3 is 3. The predicted molar refractivity (Wildman–Crippen MR) is 94.3 cm³/mol. The molecule has 2 aromatic rings. The molecule has 1 aromatic heterocycles. The molecule has 0 fully saturated rings. The van der Waals surface area contributed by atoms with Gasteiger partial charge in [-0.25, -0.2) is 9.78 Å². The number of ether oxygens (including phenoxy) is 3. The number of amides is 1. The molecule has 26 heavy (non-hydrogen) atoms. The molecule has 1 N–H and O–H groups in total. The molecule has 0 unspecified atom stereocenters. The van der Waals surface area contributed by atoms with Gasteiger partial charge in [-0.05, 0) is 24.3 Å². The van der Waals surface area contributed by atoms with E-state index in [-0.39, 0.29) is 23.7 Å². The van der Waals surface area contributed by atoms with Crippen LogP contribution in [-0.2, 0) is 4.74 Å². The molecule has 1 amide bonds. The van der Waals surface area contributed by atoms with E-state index in [4.69, 9.17) is 19.3 Å². The van der Waals surface area contributed by atoms with E-state index in [9.17, 15) is 9.59 Å². The number of carboxylic acid groups (broad SMARTS) is 1. The fourth-order valence-electron chi connectivity index (χ4n) is 2.36. The Morgan fingerprint density at radius 3 is 2.42 bits per heavy atom. The molecule has 8 heteroatoms. The number of carbonyl (C=O) groups excluding carboxylic acids is 1. The number of hydrogen-bond acceptors (Lipinski definition) is 6. The second kappa shape index (κ2) is 8.82. The van der Waals surface area contributed by atoms with Crippen molar-refractivity contribution in [1.29, 1.82) is 0 Å². The Hall–Kier alpha value is -3.13. The molecule has 0 radical (unpaired) electrons. The summed E-state index contributed by atoms with van der Waals surface area (Å²) in [6.07, 6.45) is 1.29. The molecule has 0 aliphatic rings. The van der Waals surface area contributed by atoms with Crippen LogP contribution in [0.1, 0.15) is 20.8 Å². The van der Waals surface area contributed by atoms with Gasteiger partial charge in [0, 0.05) is 37.2 Å². The van der Waals surface area contributed by atoms with Gasteiger partial charge in [-0.2, -0.15) is 0 Å². The molecule has 0 spiro atoms. The summed E-state index contributed by atoms with van der Waals surface area (Å²) in [5.41, 5.74) is 0.580. The molecule has 0 atom stereocenters. The van der Waals surface area contributed by atoms with Crippen LogP contribution in [0.15, 0.2) is 36.5 Å². The number of aromatic carboxylic acids is 1. The highest BCUT2D eigenvalue weighted by Crippen LogP contribution is 2.32. The minimum absolute atomic E-state index is 0.199. The molecule has 0 saturated carbocycles. The maximum atomic E-state index is 13.0. The summed E-state index contributed by atoms with van der Waals surface area (Å²) in [7, 11) is 4.56. The van der Waals surface area contributed by atoms with E-state index in [1.807, 2.05) is 0 Å². The first-order valence-electron chi connectivity index (χ1n) is 7.74. The van der Waals surface area contributed by atoms with E-state index in [2.05, 4.69) is 4.98 Å². The number of anilines is 1. The fraction of sp³-hybridized carbons (Fsp3) is 0.278. The Kier molecular flexibility index (Phi) is 6.51. The van der Waals surface area contributed by atoms with Crippen LogP contribution < -0.4 is 14.4 Å². The zero-order valence-electron chi connectivity index (χ0n) is 14.8. The Labute approximate surface area is 150 Å². The molecule has 2 rings (SSSR count). The van der Waals surface area contributed by atoms with Gasteiger partial charge in [0.05, 0.1) is 20.8 Å². The predicted octanol–water partition coefficient (Wildman–Crippen LogP) is 2.09. The van der Waals surface area contributed by atoms with Crippen molar-refractivity contribution in [2.75, 3.05) is 39.4 Å². The first-order valence-corrected chi connectivity index (χ1v) is 7.74. The second-order valence-electron chi connectivity index (χ2n) is 5.22. The third kappa shape index (κ3) is 4.28. The number of rotatable bonds is 8. The lowest BCUT2D eigenvalue weighted by molar-refractivity contribution is 0.0690. The Morgan fingerprint density at radius 2 is 1.81 bits per heavy atom. The van der Waals surface area contributed by atoms with Gasteiger partial charge in [0.2, 0.25) is 0 Å². The lowest BCUT2D eigenvalue weighted by atomic mass is 10.1. The van der Waals surface area contributed by atoms with Crippen LogP contribution in [-0.4, -0.2) is 56.4 Å². The minimum Gasteiger partial charge on any atom is -0.493 e. The molecular formula is C18H20N2O6. The van der Waals surface area contributed by atoms with Crippen LogP contribution in [0.5, 0.6) is 11.5 Å². The number of benzene rings is 1. The summed E-state index contributed by atoms with van der Waals surface area (Å²) in [6.45, 7) is 0.576. The SMILES string of the molecule is COCCN(C(=O)c1ccnc(C(=O)O)c1)c1ccc(OC)c(OC)c1. The summed E-state index contributed by atoms with van der Waals surface area (Å²) >= 11 is 0. The number of hydrogen-bond donors (Lipinski definition) is 1. The molecule has 1 aromatic carbocycles. The summed E-state index contributed by atoms with van der Waals surface area (Å²) in [4.78, 5) is 29.3. The summed E-state index contributed by atoms with van der Waals surface area (Å²) in [6, 6.07) is 7.79. The van der Waals surface area contributed by atoms with Crippen LogP contribution in [0, 0.1) is 0 Å². The molecule has 0 bridgehead atoms. The molecule has 0 saturated heterocycles. The first kappa shape index (κ1) is 19.2. The van der Waals surface area contributed by atoms with Crippen molar-refractivity contribution < 1.29 is 28.9 Å². The second-order valence-corrected chi connectivity index (χ2v) is 5.22. The third-order valence-corrected chi connectivity index (χ3v) is 3.67. The third-order valence-electron chi connectivity index (χ3n) is 3.67. The van der Waals surface area contributed by atoms with Gasteiger partial charge >= 0.3 is 5.97 Å². The Bertz CT molecular complexity index is 793. The van der Waals surface area contributed by atoms with E-state index in [1.165, 1.54) is 44.6 Å². The first-order chi connectivity index (χ1) is 12.5. The maximum Gasteiger partial charge on any atom is 0.354 e. The van der Waals surface area contributed by atoms with Crippen molar-refractivity contribution in [2.24, 2.45) is 0 Å². The van der Waals surface area contributed by atoms with E-state index in [0.717, 1.165) is 0 Å². The Balaban J connectivity index is 2.42. The van der Waals surface area contributed by atoms with E-state index in [0.29, 0.717) is 23.8 Å². The highest BCUT2D eigenvalue weighted by Gasteiger charge is 2.20. The van der Waals surface area contributed by atoms with Crippen LogP contribution >= 0.6 is 0 Å². The monoisotopic (exact) mass is 360 g/mol. The minimum atomic E-state index is -1.20. The molecule has 0 aliphatic carbocycles. The molecular weight excluding hydrogens is 340 g/mol. The zero-order chi connectivity index (χ0) is 19.1. The van der Waals surface area contributed by atoms with Crippen molar-refractivity contribution in [3.63, 3.8) is 0 Å². The van der Waals surface area contributed by atoms with Gasteiger partial charge in [0.15, 0.2) is 11.5 Å². The van der Waals surface area contributed by atoms with Gasteiger partial charge in [0.1, 0.15) is 5.69 Å². The molecule has 8 nitrogen and oxygen atoms in total. The number of nitrogens with zero attached hydrogens (tertiary/aromatic N) is 2.